The first-order valence-corrected chi connectivity index (χ1v) is 8.29. The molecule has 0 amide bonds. The second-order valence-corrected chi connectivity index (χ2v) is 7.46. The summed E-state index contributed by atoms with van der Waals surface area (Å²) in [6.07, 6.45) is 10.8. The summed E-state index contributed by atoms with van der Waals surface area (Å²) in [5.74, 6) is 5.22. The molecule has 1 unspecified atom stereocenters. The van der Waals surface area contributed by atoms with Gasteiger partial charge in [0.05, 0.1) is 0 Å². The zero-order valence-corrected chi connectivity index (χ0v) is 11.7. The van der Waals surface area contributed by atoms with Crippen LogP contribution in [0.15, 0.2) is 35.9 Å². The molecular weight excluding hydrogens is 284 g/mol. The van der Waals surface area contributed by atoms with Gasteiger partial charge in [0.1, 0.15) is 5.01 Å². The molecule has 0 bridgehead atoms. The predicted molar refractivity (Wildman–Crippen MR) is 72.5 cm³/mol. The monoisotopic (exact) mass is 298 g/mol. The summed E-state index contributed by atoms with van der Waals surface area (Å²) < 4.78 is 28.0. The van der Waals surface area contributed by atoms with Gasteiger partial charge in [-0.15, -0.1) is 11.3 Å². The lowest BCUT2D eigenvalue weighted by atomic mass is 9.84. The summed E-state index contributed by atoms with van der Waals surface area (Å²) in [5.41, 5.74) is 0. The van der Waals surface area contributed by atoms with Gasteiger partial charge >= 0.3 is 0 Å². The minimum Gasteiger partial charge on any atom is -0.248 e. The van der Waals surface area contributed by atoms with E-state index in [1.54, 1.807) is 23.7 Å². The maximum atomic E-state index is 12.5. The number of allylic oxidation sites excluding steroid dienone is 3. The number of nitrogens with zero attached hydrogens (tertiary/aromatic N) is 1. The van der Waals surface area contributed by atoms with Crippen molar-refractivity contribution in [1.82, 2.24) is 4.98 Å². The van der Waals surface area contributed by atoms with Crippen LogP contribution in [0.3, 0.4) is 0 Å². The van der Waals surface area contributed by atoms with E-state index in [2.05, 4.69) is 9.27 Å². The van der Waals surface area contributed by atoms with Gasteiger partial charge < -0.3 is 0 Å². The molecule has 1 aromatic heterocycles. The van der Waals surface area contributed by atoms with E-state index in [0.717, 1.165) is 12.8 Å². The molecule has 2 aliphatic rings. The van der Waals surface area contributed by atoms with Crippen molar-refractivity contribution in [1.29, 1.82) is 0 Å². The minimum absolute atomic E-state index is 0.169. The first-order chi connectivity index (χ1) is 9.12. The Morgan fingerprint density at radius 1 is 1.42 bits per heavy atom. The average molecular weight is 298 g/mol. The molecular formula is C12H14N2O3S2. The highest BCUT2D eigenvalue weighted by Crippen LogP contribution is 2.53. The zero-order valence-electron chi connectivity index (χ0n) is 10.1. The van der Waals surface area contributed by atoms with E-state index in [9.17, 15) is 8.42 Å². The lowest BCUT2D eigenvalue weighted by Crippen LogP contribution is -2.44. The molecule has 1 heterocycles. The topological polar surface area (TPSA) is 82.3 Å². The molecule has 0 radical (unpaired) electrons. The molecule has 0 spiro atoms. The first-order valence-electron chi connectivity index (χ1n) is 6.01. The van der Waals surface area contributed by atoms with E-state index in [4.69, 9.17) is 5.90 Å². The van der Waals surface area contributed by atoms with Crippen LogP contribution in [-0.2, 0) is 19.1 Å². The number of rotatable bonds is 4. The van der Waals surface area contributed by atoms with Crippen molar-refractivity contribution >= 4 is 21.5 Å². The maximum absolute atomic E-state index is 12.5. The normalized spacial score (nSPS) is 30.7. The molecule has 0 aromatic carbocycles. The van der Waals surface area contributed by atoms with Crippen LogP contribution >= 0.6 is 11.3 Å². The van der Waals surface area contributed by atoms with Gasteiger partial charge in [0.15, 0.2) is 4.75 Å². The minimum atomic E-state index is -3.97. The highest BCUT2D eigenvalue weighted by atomic mass is 32.2. The van der Waals surface area contributed by atoms with Crippen molar-refractivity contribution in [2.24, 2.45) is 17.7 Å². The maximum Gasteiger partial charge on any atom is 0.299 e. The fraction of sp³-hybridized carbons (Fsp3) is 0.417. The highest BCUT2D eigenvalue weighted by Gasteiger charge is 2.56. The van der Waals surface area contributed by atoms with Crippen LogP contribution in [0.2, 0.25) is 0 Å². The molecule has 7 heteroatoms. The quantitative estimate of drug-likeness (QED) is 0.856. The molecule has 3 rings (SSSR count). The molecule has 1 fully saturated rings. The van der Waals surface area contributed by atoms with Crippen molar-refractivity contribution in [3.05, 3.63) is 40.9 Å². The van der Waals surface area contributed by atoms with Crippen LogP contribution in [0.1, 0.15) is 17.8 Å². The second kappa shape index (κ2) is 4.52. The number of hydrogen-bond acceptors (Lipinski definition) is 6. The Bertz CT molecular complexity index is 617. The highest BCUT2D eigenvalue weighted by molar-refractivity contribution is 7.88. The molecule has 2 aliphatic carbocycles. The summed E-state index contributed by atoms with van der Waals surface area (Å²) in [5, 5.41) is 2.27. The van der Waals surface area contributed by atoms with Gasteiger partial charge in [-0.05, 0) is 18.8 Å². The van der Waals surface area contributed by atoms with E-state index in [1.165, 1.54) is 11.3 Å². The van der Waals surface area contributed by atoms with Gasteiger partial charge in [0.25, 0.3) is 10.1 Å². The number of nitrogens with two attached hydrogens (primary N) is 1. The summed E-state index contributed by atoms with van der Waals surface area (Å²) in [6.45, 7) is 0. The smallest absolute Gasteiger partial charge is 0.248 e. The summed E-state index contributed by atoms with van der Waals surface area (Å²) in [7, 11) is -3.97. The van der Waals surface area contributed by atoms with E-state index >= 15 is 0 Å². The third kappa shape index (κ3) is 1.88. The van der Waals surface area contributed by atoms with Gasteiger partial charge in [-0.25, -0.2) is 4.98 Å². The third-order valence-corrected chi connectivity index (χ3v) is 6.44. The fourth-order valence-electron chi connectivity index (χ4n) is 2.67. The number of hydrogen-bond donors (Lipinski definition) is 1. The van der Waals surface area contributed by atoms with Crippen LogP contribution in [0.5, 0.6) is 0 Å². The summed E-state index contributed by atoms with van der Waals surface area (Å²) in [4.78, 5) is 4.21. The molecule has 0 aliphatic heterocycles. The Balaban J connectivity index is 2.21. The van der Waals surface area contributed by atoms with Crippen molar-refractivity contribution in [3.63, 3.8) is 0 Å². The molecule has 1 aromatic rings. The lowest BCUT2D eigenvalue weighted by molar-refractivity contribution is 0.297. The molecule has 0 saturated heterocycles. The van der Waals surface area contributed by atoms with E-state index in [-0.39, 0.29) is 5.92 Å². The summed E-state index contributed by atoms with van der Waals surface area (Å²) in [6, 6.07) is 0. The Kier molecular flexibility index (Phi) is 3.09. The van der Waals surface area contributed by atoms with Gasteiger partial charge in [-0.1, -0.05) is 24.3 Å². The zero-order chi connectivity index (χ0) is 13.5. The average Bonchev–Trinajstić information content (AvgIpc) is 3.12. The SMILES string of the molecule is NOS(=O)(=O)[C@@]1(c2nccs2)C=CC=CC1C1CC1. The van der Waals surface area contributed by atoms with Crippen LogP contribution in [0.25, 0.3) is 0 Å². The fourth-order valence-corrected chi connectivity index (χ4v) is 5.15. The van der Waals surface area contributed by atoms with E-state index in [0.29, 0.717) is 10.9 Å². The molecule has 102 valence electrons. The van der Waals surface area contributed by atoms with Crippen LogP contribution in [0.4, 0.5) is 0 Å². The second-order valence-electron chi connectivity index (χ2n) is 4.79. The van der Waals surface area contributed by atoms with E-state index in [1.807, 2.05) is 12.2 Å². The Labute approximate surface area is 115 Å². The summed E-state index contributed by atoms with van der Waals surface area (Å²) >= 11 is 1.31. The van der Waals surface area contributed by atoms with Crippen molar-refractivity contribution in [2.75, 3.05) is 0 Å². The van der Waals surface area contributed by atoms with Gasteiger partial charge in [0.2, 0.25) is 0 Å². The third-order valence-electron chi connectivity index (χ3n) is 3.71. The van der Waals surface area contributed by atoms with Crippen LogP contribution < -0.4 is 5.90 Å². The molecule has 19 heavy (non-hydrogen) atoms. The van der Waals surface area contributed by atoms with Gasteiger partial charge in [-0.3, -0.25) is 0 Å². The van der Waals surface area contributed by atoms with Gasteiger partial charge in [-0.2, -0.15) is 18.6 Å². The van der Waals surface area contributed by atoms with Crippen molar-refractivity contribution < 1.29 is 12.7 Å². The Morgan fingerprint density at radius 3 is 2.79 bits per heavy atom. The van der Waals surface area contributed by atoms with Crippen molar-refractivity contribution in [3.8, 4) is 0 Å². The lowest BCUT2D eigenvalue weighted by Gasteiger charge is -2.34. The van der Waals surface area contributed by atoms with Crippen molar-refractivity contribution in [2.45, 2.75) is 17.6 Å². The van der Waals surface area contributed by atoms with E-state index < -0.39 is 14.9 Å². The Morgan fingerprint density at radius 2 is 2.21 bits per heavy atom. The first kappa shape index (κ1) is 13.0. The van der Waals surface area contributed by atoms with Gasteiger partial charge in [0, 0.05) is 17.5 Å². The van der Waals surface area contributed by atoms with Crippen LogP contribution in [0, 0.1) is 11.8 Å². The molecule has 2 N–H and O–H groups in total. The standard InChI is InChI=1S/C12H14N2O3S2/c13-17-19(15,16)12(11-14-7-8-18-11)6-2-1-3-10(12)9-4-5-9/h1-3,6-10H,4-5,13H2/t10?,12-/m0/s1. The Hall–Kier alpha value is -1.02. The molecule has 2 atom stereocenters. The van der Waals surface area contributed by atoms with Crippen LogP contribution in [-0.4, -0.2) is 13.4 Å². The molecule has 1 saturated carbocycles. The molecule has 5 nitrogen and oxygen atoms in total. The number of thiazole rings is 1. The predicted octanol–water partition coefficient (Wildman–Crippen LogP) is 1.71. The number of aromatic nitrogens is 1. The largest absolute Gasteiger partial charge is 0.299 e.